The Kier molecular flexibility index (Phi) is 3.68. The second-order valence-corrected chi connectivity index (χ2v) is 6.10. The molecule has 126 valence electrons. The van der Waals surface area contributed by atoms with Crippen LogP contribution in [0.4, 0.5) is 5.82 Å². The van der Waals surface area contributed by atoms with E-state index >= 15 is 0 Å². The number of fused-ring (bicyclic) bond motifs is 1. The molecule has 0 amide bonds. The lowest BCUT2D eigenvalue weighted by Crippen LogP contribution is -2.09. The molecule has 0 saturated heterocycles. The van der Waals surface area contributed by atoms with Crippen LogP contribution in [-0.4, -0.2) is 29.4 Å². The molecular formula is C18H19N7. The van der Waals surface area contributed by atoms with Gasteiger partial charge in [0.05, 0.1) is 6.20 Å². The van der Waals surface area contributed by atoms with Crippen LogP contribution in [0.2, 0.25) is 0 Å². The molecule has 0 aliphatic rings. The molecule has 0 spiro atoms. The maximum absolute atomic E-state index is 4.45. The maximum Gasteiger partial charge on any atom is 0.254 e. The van der Waals surface area contributed by atoms with Crippen molar-refractivity contribution in [2.24, 2.45) is 7.05 Å². The zero-order chi connectivity index (χ0) is 17.4. The van der Waals surface area contributed by atoms with Crippen LogP contribution in [0.3, 0.4) is 0 Å². The molecule has 0 atom stereocenters. The molecular weight excluding hydrogens is 314 g/mol. The third-order valence-electron chi connectivity index (χ3n) is 4.33. The van der Waals surface area contributed by atoms with E-state index in [9.17, 15) is 0 Å². The van der Waals surface area contributed by atoms with Crippen molar-refractivity contribution in [3.63, 3.8) is 0 Å². The molecule has 4 rings (SSSR count). The minimum absolute atomic E-state index is 0.606. The van der Waals surface area contributed by atoms with Gasteiger partial charge in [-0.25, -0.2) is 4.98 Å². The van der Waals surface area contributed by atoms with Gasteiger partial charge in [-0.2, -0.15) is 19.7 Å². The Balaban J connectivity index is 1.62. The summed E-state index contributed by atoms with van der Waals surface area (Å²) in [5.74, 6) is 1.53. The van der Waals surface area contributed by atoms with Crippen molar-refractivity contribution in [1.29, 1.82) is 0 Å². The lowest BCUT2D eigenvalue weighted by molar-refractivity contribution is 0.768. The molecule has 0 bridgehead atoms. The van der Waals surface area contributed by atoms with Crippen molar-refractivity contribution in [2.45, 2.75) is 20.4 Å². The first-order valence-corrected chi connectivity index (χ1v) is 8.10. The molecule has 0 radical (unpaired) electrons. The summed E-state index contributed by atoms with van der Waals surface area (Å²) >= 11 is 0. The van der Waals surface area contributed by atoms with Crippen LogP contribution < -0.4 is 5.32 Å². The molecule has 0 unspecified atom stereocenters. The second kappa shape index (κ2) is 6.01. The summed E-state index contributed by atoms with van der Waals surface area (Å²) < 4.78 is 3.55. The van der Waals surface area contributed by atoms with Gasteiger partial charge in [-0.05, 0) is 31.0 Å². The minimum atomic E-state index is 0.606. The quantitative estimate of drug-likeness (QED) is 0.622. The van der Waals surface area contributed by atoms with E-state index in [4.69, 9.17) is 0 Å². The second-order valence-electron chi connectivity index (χ2n) is 6.10. The van der Waals surface area contributed by atoms with Crippen molar-refractivity contribution >= 4 is 11.6 Å². The largest absolute Gasteiger partial charge is 0.366 e. The van der Waals surface area contributed by atoms with Gasteiger partial charge in [0, 0.05) is 36.6 Å². The van der Waals surface area contributed by atoms with E-state index < -0.39 is 0 Å². The van der Waals surface area contributed by atoms with Crippen LogP contribution in [0, 0.1) is 13.8 Å². The van der Waals surface area contributed by atoms with Crippen LogP contribution >= 0.6 is 0 Å². The SMILES string of the molecule is Cc1nc2ncnn2c(NCc2cccc(-c3cnn(C)c3)c2)c1C. The van der Waals surface area contributed by atoms with Gasteiger partial charge in [0.1, 0.15) is 12.1 Å². The highest BCUT2D eigenvalue weighted by Gasteiger charge is 2.11. The Morgan fingerprint density at radius 2 is 2.00 bits per heavy atom. The van der Waals surface area contributed by atoms with Crippen molar-refractivity contribution in [3.05, 3.63) is 59.8 Å². The van der Waals surface area contributed by atoms with E-state index in [1.807, 2.05) is 38.0 Å². The zero-order valence-corrected chi connectivity index (χ0v) is 14.4. The Bertz CT molecular complexity index is 1040. The summed E-state index contributed by atoms with van der Waals surface area (Å²) in [5.41, 5.74) is 5.47. The highest BCUT2D eigenvalue weighted by atomic mass is 15.4. The van der Waals surface area contributed by atoms with Crippen molar-refractivity contribution in [2.75, 3.05) is 5.32 Å². The molecule has 0 aliphatic carbocycles. The standard InChI is InChI=1S/C18H19N7/c1-12-13(2)23-18-20-11-22-25(18)17(12)19-8-14-5-4-6-15(7-14)16-9-21-24(3)10-16/h4-7,9-11,19H,8H2,1-3H3. The Hall–Kier alpha value is -3.22. The molecule has 1 aromatic carbocycles. The molecule has 0 saturated carbocycles. The predicted molar refractivity (Wildman–Crippen MR) is 96.2 cm³/mol. The lowest BCUT2D eigenvalue weighted by Gasteiger charge is -2.13. The lowest BCUT2D eigenvalue weighted by atomic mass is 10.1. The number of rotatable bonds is 4. The summed E-state index contributed by atoms with van der Waals surface area (Å²) in [7, 11) is 1.92. The van der Waals surface area contributed by atoms with Gasteiger partial charge >= 0.3 is 0 Å². The van der Waals surface area contributed by atoms with E-state index in [1.54, 1.807) is 4.52 Å². The van der Waals surface area contributed by atoms with Crippen LogP contribution in [0.15, 0.2) is 43.0 Å². The first kappa shape index (κ1) is 15.3. The highest BCUT2D eigenvalue weighted by Crippen LogP contribution is 2.22. The predicted octanol–water partition coefficient (Wildman–Crippen LogP) is 2.75. The van der Waals surface area contributed by atoms with E-state index in [0.29, 0.717) is 12.3 Å². The van der Waals surface area contributed by atoms with E-state index in [-0.39, 0.29) is 0 Å². The smallest absolute Gasteiger partial charge is 0.254 e. The highest BCUT2D eigenvalue weighted by molar-refractivity contribution is 5.62. The molecule has 7 nitrogen and oxygen atoms in total. The van der Waals surface area contributed by atoms with Gasteiger partial charge in [-0.3, -0.25) is 4.68 Å². The monoisotopic (exact) mass is 333 g/mol. The van der Waals surface area contributed by atoms with Gasteiger partial charge in [0.15, 0.2) is 0 Å². The first-order valence-electron chi connectivity index (χ1n) is 8.10. The number of benzene rings is 1. The van der Waals surface area contributed by atoms with Crippen molar-refractivity contribution in [3.8, 4) is 11.1 Å². The zero-order valence-electron chi connectivity index (χ0n) is 14.4. The van der Waals surface area contributed by atoms with Crippen LogP contribution in [0.1, 0.15) is 16.8 Å². The third-order valence-corrected chi connectivity index (χ3v) is 4.33. The number of nitrogens with zero attached hydrogens (tertiary/aromatic N) is 6. The fraction of sp³-hybridized carbons (Fsp3) is 0.222. The number of aromatic nitrogens is 6. The van der Waals surface area contributed by atoms with Gasteiger partial charge in [0.2, 0.25) is 0 Å². The average Bonchev–Trinajstić information content (AvgIpc) is 3.24. The maximum atomic E-state index is 4.45. The summed E-state index contributed by atoms with van der Waals surface area (Å²) in [6.07, 6.45) is 5.42. The Morgan fingerprint density at radius 3 is 2.80 bits per heavy atom. The summed E-state index contributed by atoms with van der Waals surface area (Å²) in [5, 5.41) is 12.0. The minimum Gasteiger partial charge on any atom is -0.366 e. The number of aryl methyl sites for hydroxylation is 2. The Labute approximate surface area is 145 Å². The summed E-state index contributed by atoms with van der Waals surface area (Å²) in [4.78, 5) is 8.63. The van der Waals surface area contributed by atoms with Crippen LogP contribution in [0.5, 0.6) is 0 Å². The third kappa shape index (κ3) is 2.84. The van der Waals surface area contributed by atoms with Crippen molar-refractivity contribution < 1.29 is 0 Å². The van der Waals surface area contributed by atoms with Gasteiger partial charge in [-0.1, -0.05) is 18.2 Å². The summed E-state index contributed by atoms with van der Waals surface area (Å²) in [6.45, 7) is 4.71. The van der Waals surface area contributed by atoms with Gasteiger partial charge in [0.25, 0.3) is 5.78 Å². The topological polar surface area (TPSA) is 72.9 Å². The molecule has 0 aliphatic heterocycles. The molecule has 1 N–H and O–H groups in total. The van der Waals surface area contributed by atoms with Crippen LogP contribution in [0.25, 0.3) is 16.9 Å². The number of nitrogens with one attached hydrogen (secondary N) is 1. The molecule has 4 aromatic rings. The van der Waals surface area contributed by atoms with E-state index in [2.05, 4.69) is 49.7 Å². The molecule has 0 fully saturated rings. The number of hydrogen-bond acceptors (Lipinski definition) is 5. The fourth-order valence-electron chi connectivity index (χ4n) is 2.86. The van der Waals surface area contributed by atoms with Gasteiger partial charge < -0.3 is 5.32 Å². The molecule has 25 heavy (non-hydrogen) atoms. The normalized spacial score (nSPS) is 11.2. The number of anilines is 1. The average molecular weight is 333 g/mol. The molecule has 3 heterocycles. The van der Waals surface area contributed by atoms with E-state index in [1.165, 1.54) is 11.9 Å². The van der Waals surface area contributed by atoms with Crippen LogP contribution in [-0.2, 0) is 13.6 Å². The van der Waals surface area contributed by atoms with E-state index in [0.717, 1.165) is 28.2 Å². The fourth-order valence-corrected chi connectivity index (χ4v) is 2.86. The number of hydrogen-bond donors (Lipinski definition) is 1. The molecule has 7 heteroatoms. The van der Waals surface area contributed by atoms with Crippen molar-refractivity contribution in [1.82, 2.24) is 29.4 Å². The summed E-state index contributed by atoms with van der Waals surface area (Å²) in [6, 6.07) is 8.44. The van der Waals surface area contributed by atoms with Gasteiger partial charge in [-0.15, -0.1) is 0 Å². The Morgan fingerprint density at radius 1 is 1.12 bits per heavy atom. The first-order chi connectivity index (χ1) is 12.1. The molecule has 3 aromatic heterocycles.